The fraction of sp³-hybridized carbons (Fsp3) is 0.444. The van der Waals surface area contributed by atoms with Crippen LogP contribution in [-0.4, -0.2) is 48.3 Å². The Balaban J connectivity index is 1.31. The Kier molecular flexibility index (Phi) is 7.40. The molecule has 0 spiro atoms. The second kappa shape index (κ2) is 10.5. The number of carbonyl (C=O) groups excluding carboxylic acids is 1. The third-order valence-electron chi connectivity index (χ3n) is 6.46. The zero-order valence-corrected chi connectivity index (χ0v) is 21.1. The summed E-state index contributed by atoms with van der Waals surface area (Å²) in [5.41, 5.74) is 2.93. The zero-order chi connectivity index (χ0) is 25.0. The van der Waals surface area contributed by atoms with E-state index >= 15 is 0 Å². The van der Waals surface area contributed by atoms with E-state index in [0.29, 0.717) is 35.4 Å². The lowest BCUT2D eigenvalue weighted by Crippen LogP contribution is -2.37. The lowest BCUT2D eigenvalue weighted by Gasteiger charge is -2.30. The number of anilines is 1. The summed E-state index contributed by atoms with van der Waals surface area (Å²) in [6, 6.07) is 13.7. The molecule has 3 aromatic rings. The summed E-state index contributed by atoms with van der Waals surface area (Å²) in [4.78, 5) is 19.7. The van der Waals surface area contributed by atoms with Crippen molar-refractivity contribution in [3.8, 4) is 22.9 Å². The molecule has 1 aromatic heterocycles. The molecule has 0 bridgehead atoms. The maximum atomic E-state index is 12.9. The molecule has 4 rings (SSSR count). The Hall–Kier alpha value is -3.39. The second-order valence-electron chi connectivity index (χ2n) is 9.94. The van der Waals surface area contributed by atoms with Crippen molar-refractivity contribution in [2.75, 3.05) is 32.6 Å². The van der Waals surface area contributed by atoms with E-state index in [2.05, 4.69) is 53.3 Å². The zero-order valence-electron chi connectivity index (χ0n) is 21.1. The summed E-state index contributed by atoms with van der Waals surface area (Å²) in [5.74, 6) is 2.39. The highest BCUT2D eigenvalue weighted by atomic mass is 16.5. The molecule has 186 valence electrons. The van der Waals surface area contributed by atoms with E-state index in [-0.39, 0.29) is 17.2 Å². The molecule has 0 radical (unpaired) electrons. The number of hydrogen-bond acceptors (Lipinski definition) is 7. The average Bonchev–Trinajstić information content (AvgIpc) is 3.32. The number of nitrogens with one attached hydrogen (secondary N) is 1. The fourth-order valence-electron chi connectivity index (χ4n) is 4.25. The maximum absolute atomic E-state index is 12.9. The minimum atomic E-state index is -0.0678. The van der Waals surface area contributed by atoms with E-state index in [1.807, 2.05) is 12.1 Å². The molecule has 1 N–H and O–H groups in total. The van der Waals surface area contributed by atoms with Crippen LogP contribution in [0.4, 0.5) is 5.69 Å². The molecule has 1 aliphatic heterocycles. The van der Waals surface area contributed by atoms with Gasteiger partial charge in [-0.1, -0.05) is 50.2 Å². The van der Waals surface area contributed by atoms with Crippen LogP contribution in [0, 0.1) is 5.92 Å². The SMILES string of the molecule is COc1ccc(OC)c(NC(=O)C2CCN(Cc3nc(-c4ccc(C(C)(C)C)cc4)no3)CC2)c1. The molecular weight excluding hydrogens is 444 g/mol. The lowest BCUT2D eigenvalue weighted by molar-refractivity contribution is -0.121. The Morgan fingerprint density at radius 1 is 1.09 bits per heavy atom. The van der Waals surface area contributed by atoms with Crippen LogP contribution in [0.5, 0.6) is 11.5 Å². The monoisotopic (exact) mass is 478 g/mol. The molecule has 2 aromatic carbocycles. The van der Waals surface area contributed by atoms with Gasteiger partial charge in [-0.15, -0.1) is 0 Å². The molecule has 1 saturated heterocycles. The number of carbonyl (C=O) groups is 1. The average molecular weight is 479 g/mol. The molecule has 0 aliphatic carbocycles. The van der Waals surface area contributed by atoms with Crippen LogP contribution in [0.1, 0.15) is 45.1 Å². The summed E-state index contributed by atoms with van der Waals surface area (Å²) in [6.07, 6.45) is 1.51. The normalized spacial score (nSPS) is 15.1. The van der Waals surface area contributed by atoms with E-state index in [1.54, 1.807) is 32.4 Å². The number of ether oxygens (including phenoxy) is 2. The van der Waals surface area contributed by atoms with Crippen molar-refractivity contribution in [2.45, 2.75) is 45.6 Å². The van der Waals surface area contributed by atoms with E-state index in [9.17, 15) is 4.79 Å². The van der Waals surface area contributed by atoms with Gasteiger partial charge in [0, 0.05) is 17.5 Å². The van der Waals surface area contributed by atoms with Crippen molar-refractivity contribution in [1.82, 2.24) is 15.0 Å². The van der Waals surface area contributed by atoms with Gasteiger partial charge in [0.25, 0.3) is 0 Å². The molecular formula is C27H34N4O4. The van der Waals surface area contributed by atoms with E-state index in [4.69, 9.17) is 14.0 Å². The van der Waals surface area contributed by atoms with Crippen LogP contribution in [0.2, 0.25) is 0 Å². The van der Waals surface area contributed by atoms with Gasteiger partial charge in [0.05, 0.1) is 26.5 Å². The molecule has 1 amide bonds. The summed E-state index contributed by atoms with van der Waals surface area (Å²) >= 11 is 0. The van der Waals surface area contributed by atoms with Crippen molar-refractivity contribution in [2.24, 2.45) is 5.92 Å². The Morgan fingerprint density at radius 2 is 1.80 bits per heavy atom. The Bertz CT molecular complexity index is 1140. The first-order chi connectivity index (χ1) is 16.8. The first kappa shape index (κ1) is 24.7. The van der Waals surface area contributed by atoms with Gasteiger partial charge in [0.15, 0.2) is 0 Å². The quantitative estimate of drug-likeness (QED) is 0.516. The number of piperidine rings is 1. The van der Waals surface area contributed by atoms with Crippen LogP contribution < -0.4 is 14.8 Å². The number of rotatable bonds is 7. The fourth-order valence-corrected chi connectivity index (χ4v) is 4.25. The van der Waals surface area contributed by atoms with Gasteiger partial charge in [-0.05, 0) is 49.0 Å². The molecule has 0 saturated carbocycles. The minimum Gasteiger partial charge on any atom is -0.497 e. The highest BCUT2D eigenvalue weighted by molar-refractivity contribution is 5.94. The van der Waals surface area contributed by atoms with Crippen LogP contribution in [0.15, 0.2) is 47.0 Å². The first-order valence-electron chi connectivity index (χ1n) is 12.0. The summed E-state index contributed by atoms with van der Waals surface area (Å²) in [7, 11) is 3.18. The van der Waals surface area contributed by atoms with E-state index in [0.717, 1.165) is 31.5 Å². The van der Waals surface area contributed by atoms with Gasteiger partial charge in [0.1, 0.15) is 11.5 Å². The van der Waals surface area contributed by atoms with E-state index < -0.39 is 0 Å². The Morgan fingerprint density at radius 3 is 2.43 bits per heavy atom. The lowest BCUT2D eigenvalue weighted by atomic mass is 9.87. The van der Waals surface area contributed by atoms with Gasteiger partial charge in [0.2, 0.25) is 17.6 Å². The molecule has 0 atom stereocenters. The maximum Gasteiger partial charge on any atom is 0.241 e. The number of likely N-dealkylation sites (tertiary alicyclic amines) is 1. The molecule has 0 unspecified atom stereocenters. The van der Waals surface area contributed by atoms with Gasteiger partial charge in [-0.3, -0.25) is 9.69 Å². The molecule has 2 heterocycles. The largest absolute Gasteiger partial charge is 0.497 e. The summed E-state index contributed by atoms with van der Waals surface area (Å²) in [5, 5.41) is 7.17. The molecule has 1 fully saturated rings. The number of methoxy groups -OCH3 is 2. The number of benzene rings is 2. The number of amides is 1. The molecule has 8 heteroatoms. The highest BCUT2D eigenvalue weighted by Crippen LogP contribution is 2.30. The third-order valence-corrected chi connectivity index (χ3v) is 6.46. The van der Waals surface area contributed by atoms with Gasteiger partial charge in [-0.25, -0.2) is 0 Å². The smallest absolute Gasteiger partial charge is 0.241 e. The standard InChI is InChI=1S/C27H34N4O4/c1-27(2,3)20-8-6-18(7-9-20)25-29-24(35-30-25)17-31-14-12-19(13-15-31)26(32)28-22-16-21(33-4)10-11-23(22)34-5/h6-11,16,19H,12-15,17H2,1-5H3,(H,28,32). The van der Waals surface area contributed by atoms with Crippen molar-refractivity contribution >= 4 is 11.6 Å². The minimum absolute atomic E-state index is 0.00465. The van der Waals surface area contributed by atoms with Crippen LogP contribution >= 0.6 is 0 Å². The van der Waals surface area contributed by atoms with Crippen LogP contribution in [0.25, 0.3) is 11.4 Å². The van der Waals surface area contributed by atoms with Crippen molar-refractivity contribution in [3.05, 3.63) is 53.9 Å². The topological polar surface area (TPSA) is 89.7 Å². The second-order valence-corrected chi connectivity index (χ2v) is 9.94. The van der Waals surface area contributed by atoms with Gasteiger partial charge < -0.3 is 19.3 Å². The van der Waals surface area contributed by atoms with Gasteiger partial charge >= 0.3 is 0 Å². The molecule has 1 aliphatic rings. The molecule has 35 heavy (non-hydrogen) atoms. The summed E-state index contributed by atoms with van der Waals surface area (Å²) in [6.45, 7) is 8.71. The number of hydrogen-bond donors (Lipinski definition) is 1. The predicted octanol–water partition coefficient (Wildman–Crippen LogP) is 4.90. The van der Waals surface area contributed by atoms with Crippen LogP contribution in [0.3, 0.4) is 0 Å². The predicted molar refractivity (Wildman–Crippen MR) is 135 cm³/mol. The Labute approximate surface area is 206 Å². The van der Waals surface area contributed by atoms with E-state index in [1.165, 1.54) is 5.56 Å². The van der Waals surface area contributed by atoms with Crippen LogP contribution in [-0.2, 0) is 16.8 Å². The highest BCUT2D eigenvalue weighted by Gasteiger charge is 2.27. The summed E-state index contributed by atoms with van der Waals surface area (Å²) < 4.78 is 16.1. The van der Waals surface area contributed by atoms with Gasteiger partial charge in [-0.2, -0.15) is 4.98 Å². The molecule has 8 nitrogen and oxygen atoms in total. The van der Waals surface area contributed by atoms with Crippen molar-refractivity contribution in [1.29, 1.82) is 0 Å². The third kappa shape index (κ3) is 6.00. The number of aromatic nitrogens is 2. The van der Waals surface area contributed by atoms with Crippen molar-refractivity contribution in [3.63, 3.8) is 0 Å². The first-order valence-corrected chi connectivity index (χ1v) is 12.0. The van der Waals surface area contributed by atoms with Crippen molar-refractivity contribution < 1.29 is 18.8 Å². The number of nitrogens with zero attached hydrogens (tertiary/aromatic N) is 3.